The van der Waals surface area contributed by atoms with E-state index in [0.717, 1.165) is 37.3 Å². The van der Waals surface area contributed by atoms with Gasteiger partial charge in [-0.1, -0.05) is 53.5 Å². The van der Waals surface area contributed by atoms with Crippen molar-refractivity contribution >= 4 is 34.8 Å². The molecule has 8 heteroatoms. The van der Waals surface area contributed by atoms with Gasteiger partial charge in [-0.15, -0.1) is 0 Å². The van der Waals surface area contributed by atoms with Crippen LogP contribution in [0.4, 0.5) is 5.69 Å². The molecule has 39 heavy (non-hydrogen) atoms. The highest BCUT2D eigenvalue weighted by Gasteiger charge is 2.27. The molecule has 0 N–H and O–H groups in total. The Kier molecular flexibility index (Phi) is 9.06. The molecule has 202 valence electrons. The maximum absolute atomic E-state index is 13.1. The van der Waals surface area contributed by atoms with Crippen molar-refractivity contribution in [3.63, 3.8) is 0 Å². The highest BCUT2D eigenvalue weighted by molar-refractivity contribution is 6.39. The van der Waals surface area contributed by atoms with E-state index < -0.39 is 0 Å². The van der Waals surface area contributed by atoms with Gasteiger partial charge in [-0.2, -0.15) is 5.26 Å². The number of nitriles is 1. The highest BCUT2D eigenvalue weighted by atomic mass is 35.5. The molecule has 2 aliphatic heterocycles. The maximum atomic E-state index is 13.1. The van der Waals surface area contributed by atoms with Crippen LogP contribution in [-0.2, 0) is 11.3 Å². The Bertz CT molecular complexity index is 1310. The molecule has 5 rings (SSSR count). The number of amides is 1. The van der Waals surface area contributed by atoms with E-state index in [1.165, 1.54) is 18.5 Å². The predicted molar refractivity (Wildman–Crippen MR) is 155 cm³/mol. The molecule has 2 aliphatic rings. The molecule has 0 bridgehead atoms. The summed E-state index contributed by atoms with van der Waals surface area (Å²) in [5.74, 6) is -0.128. The first-order chi connectivity index (χ1) is 19.0. The van der Waals surface area contributed by atoms with Gasteiger partial charge in [-0.3, -0.25) is 9.69 Å². The van der Waals surface area contributed by atoms with Crippen molar-refractivity contribution in [3.05, 3.63) is 99.0 Å². The van der Waals surface area contributed by atoms with Crippen molar-refractivity contribution in [2.24, 2.45) is 0 Å². The molecule has 6 nitrogen and oxygen atoms in total. The molecule has 1 atom stereocenters. The van der Waals surface area contributed by atoms with Gasteiger partial charge in [0, 0.05) is 51.5 Å². The first-order valence-corrected chi connectivity index (χ1v) is 14.2. The molecule has 0 saturated carbocycles. The molecule has 0 aromatic heterocycles. The number of benzene rings is 3. The topological polar surface area (TPSA) is 59.8 Å². The average molecular weight is 564 g/mol. The second-order valence-electron chi connectivity index (χ2n) is 10.1. The minimum Gasteiger partial charge on any atom is -0.372 e. The zero-order valence-electron chi connectivity index (χ0n) is 21.9. The summed E-state index contributed by atoms with van der Waals surface area (Å²) in [6, 6.07) is 23.5. The quantitative estimate of drug-likeness (QED) is 0.328. The SMILES string of the molecule is N#Cc1ccc(COC(CN2CCN(C(=O)c3c(Cl)cccc3Cl)CC2)c2cccc(N3CCCC3)c2)cc1. The van der Waals surface area contributed by atoms with Gasteiger partial charge in [0.1, 0.15) is 0 Å². The van der Waals surface area contributed by atoms with Gasteiger partial charge in [0.25, 0.3) is 5.91 Å². The van der Waals surface area contributed by atoms with E-state index in [1.807, 2.05) is 29.2 Å². The van der Waals surface area contributed by atoms with Crippen LogP contribution >= 0.6 is 23.2 Å². The Morgan fingerprint density at radius 3 is 2.23 bits per heavy atom. The number of hydrogen-bond donors (Lipinski definition) is 0. The number of ether oxygens (including phenoxy) is 1. The number of anilines is 1. The molecular formula is C31H32Cl2N4O2. The summed E-state index contributed by atoms with van der Waals surface area (Å²) in [7, 11) is 0. The Hall–Kier alpha value is -3.08. The van der Waals surface area contributed by atoms with Crippen LogP contribution in [0.2, 0.25) is 10.0 Å². The van der Waals surface area contributed by atoms with Crippen LogP contribution < -0.4 is 4.90 Å². The van der Waals surface area contributed by atoms with Crippen molar-refractivity contribution in [1.29, 1.82) is 5.26 Å². The Morgan fingerprint density at radius 1 is 0.897 bits per heavy atom. The summed E-state index contributed by atoms with van der Waals surface area (Å²) in [4.78, 5) is 19.8. The third-order valence-corrected chi connectivity index (χ3v) is 8.14. The van der Waals surface area contributed by atoms with Crippen LogP contribution in [0.3, 0.4) is 0 Å². The molecule has 0 spiro atoms. The van der Waals surface area contributed by atoms with Crippen LogP contribution in [0.5, 0.6) is 0 Å². The zero-order valence-corrected chi connectivity index (χ0v) is 23.4. The van der Waals surface area contributed by atoms with Gasteiger partial charge in [0.05, 0.1) is 40.0 Å². The maximum Gasteiger partial charge on any atom is 0.256 e. The number of piperazine rings is 1. The summed E-state index contributed by atoms with van der Waals surface area (Å²) >= 11 is 12.6. The predicted octanol–water partition coefficient (Wildman–Crippen LogP) is 6.18. The van der Waals surface area contributed by atoms with Crippen LogP contribution in [0.15, 0.2) is 66.7 Å². The van der Waals surface area contributed by atoms with E-state index >= 15 is 0 Å². The molecule has 3 aromatic carbocycles. The number of hydrogen-bond acceptors (Lipinski definition) is 5. The van der Waals surface area contributed by atoms with Crippen LogP contribution in [-0.4, -0.2) is 61.5 Å². The van der Waals surface area contributed by atoms with Gasteiger partial charge in [0.2, 0.25) is 0 Å². The molecule has 2 fully saturated rings. The van der Waals surface area contributed by atoms with Crippen LogP contribution in [0.1, 0.15) is 46.0 Å². The van der Waals surface area contributed by atoms with Gasteiger partial charge < -0.3 is 14.5 Å². The first-order valence-electron chi connectivity index (χ1n) is 13.4. The Balaban J connectivity index is 1.27. The second kappa shape index (κ2) is 12.8. The normalized spacial score (nSPS) is 16.7. The minimum absolute atomic E-state index is 0.128. The van der Waals surface area contributed by atoms with E-state index in [0.29, 0.717) is 47.4 Å². The lowest BCUT2D eigenvalue weighted by atomic mass is 10.1. The lowest BCUT2D eigenvalue weighted by Crippen LogP contribution is -2.49. The van der Waals surface area contributed by atoms with Crippen molar-refractivity contribution in [3.8, 4) is 6.07 Å². The van der Waals surface area contributed by atoms with Gasteiger partial charge >= 0.3 is 0 Å². The van der Waals surface area contributed by atoms with Gasteiger partial charge in [-0.05, 0) is 60.4 Å². The molecule has 2 heterocycles. The third-order valence-electron chi connectivity index (χ3n) is 7.51. The van der Waals surface area contributed by atoms with Gasteiger partial charge in [0.15, 0.2) is 0 Å². The molecule has 0 aliphatic carbocycles. The standard InChI is InChI=1S/C31H32Cl2N4O2/c32-27-7-4-8-28(33)30(27)31(38)37-17-15-35(16-18-37)21-29(39-22-24-11-9-23(20-34)10-12-24)25-5-3-6-26(19-25)36-13-1-2-14-36/h3-12,19,29H,1-2,13-18,21-22H2. The summed E-state index contributed by atoms with van der Waals surface area (Å²) in [5.41, 5.74) is 4.43. The fourth-order valence-corrected chi connectivity index (χ4v) is 5.81. The summed E-state index contributed by atoms with van der Waals surface area (Å²) in [6.45, 7) is 6.00. The number of halogens is 2. The van der Waals surface area contributed by atoms with Crippen molar-refractivity contribution in [2.45, 2.75) is 25.6 Å². The van der Waals surface area contributed by atoms with Gasteiger partial charge in [-0.25, -0.2) is 0 Å². The van der Waals surface area contributed by atoms with E-state index in [4.69, 9.17) is 33.2 Å². The lowest BCUT2D eigenvalue weighted by molar-refractivity contribution is 0.00344. The van der Waals surface area contributed by atoms with Crippen LogP contribution in [0, 0.1) is 11.3 Å². The van der Waals surface area contributed by atoms with Crippen molar-refractivity contribution in [2.75, 3.05) is 50.7 Å². The Labute approximate surface area is 240 Å². The largest absolute Gasteiger partial charge is 0.372 e. The average Bonchev–Trinajstić information content (AvgIpc) is 3.51. The monoisotopic (exact) mass is 562 g/mol. The molecule has 1 unspecified atom stereocenters. The second-order valence-corrected chi connectivity index (χ2v) is 10.9. The van der Waals surface area contributed by atoms with Crippen molar-refractivity contribution in [1.82, 2.24) is 9.80 Å². The first kappa shape index (κ1) is 27.5. The third kappa shape index (κ3) is 6.74. The highest BCUT2D eigenvalue weighted by Crippen LogP contribution is 2.29. The summed E-state index contributed by atoms with van der Waals surface area (Å²) < 4.78 is 6.52. The fraction of sp³-hybridized carbons (Fsp3) is 0.355. The lowest BCUT2D eigenvalue weighted by Gasteiger charge is -2.37. The van der Waals surface area contributed by atoms with E-state index in [-0.39, 0.29) is 12.0 Å². The number of rotatable bonds is 8. The fourth-order valence-electron chi connectivity index (χ4n) is 5.25. The van der Waals surface area contributed by atoms with Crippen LogP contribution in [0.25, 0.3) is 0 Å². The molecule has 0 radical (unpaired) electrons. The van der Waals surface area contributed by atoms with E-state index in [1.54, 1.807) is 18.2 Å². The number of carbonyl (C=O) groups excluding carboxylic acids is 1. The van der Waals surface area contributed by atoms with Crippen molar-refractivity contribution < 1.29 is 9.53 Å². The Morgan fingerprint density at radius 2 is 1.56 bits per heavy atom. The number of carbonyl (C=O) groups is 1. The molecule has 2 saturated heterocycles. The number of nitrogens with zero attached hydrogens (tertiary/aromatic N) is 4. The summed E-state index contributed by atoms with van der Waals surface area (Å²) in [6.07, 6.45) is 2.32. The minimum atomic E-state index is -0.136. The molecule has 1 amide bonds. The van der Waals surface area contributed by atoms with E-state index in [2.05, 4.69) is 40.1 Å². The zero-order chi connectivity index (χ0) is 27.2. The summed E-state index contributed by atoms with van der Waals surface area (Å²) in [5, 5.41) is 9.87. The van der Waals surface area contributed by atoms with E-state index in [9.17, 15) is 4.79 Å². The smallest absolute Gasteiger partial charge is 0.256 e. The molecular weight excluding hydrogens is 531 g/mol. The molecule has 3 aromatic rings.